The highest BCUT2D eigenvalue weighted by atomic mass is 16.3. The molecule has 11 aromatic rings. The van der Waals surface area contributed by atoms with Crippen LogP contribution in [0, 0.1) is 0 Å². The molecule has 11 rings (SSSR count). The first-order valence-electron chi connectivity index (χ1n) is 30.2. The Balaban J connectivity index is 1.55. The van der Waals surface area contributed by atoms with Crippen molar-refractivity contribution in [3.05, 3.63) is 181 Å². The SMILES string of the molecule is [2H]c1c([2H])c([2H])c2c(oc3c([2H])c([2H])c4c([2H])c([2H])c([2H])c([2H])c4c32)c1-c1c([2H])c([2H])c2c([2H])c([2H])c([2H])c([2H])c2c1-c1c2c([2H])c([2H])c([2H])c([2H])c2c(-c2c([2H])c([2H])c([2H])c3c([2H])c([2H])c([2H])c([2H])c23)c2c([2H])c([2H])c([2H])c([2H])c12. The van der Waals surface area contributed by atoms with Crippen LogP contribution in [0.5, 0.6) is 0 Å². The van der Waals surface area contributed by atoms with Crippen LogP contribution in [0.25, 0.3) is 109 Å². The molecule has 0 saturated heterocycles. The van der Waals surface area contributed by atoms with Crippen molar-refractivity contribution in [3.63, 3.8) is 0 Å². The van der Waals surface area contributed by atoms with E-state index in [-0.39, 0.29) is 0 Å². The van der Waals surface area contributed by atoms with E-state index >= 15 is 0 Å². The number of benzene rings is 10. The van der Waals surface area contributed by atoms with Gasteiger partial charge in [-0.2, -0.15) is 0 Å². The first-order chi connectivity index (χ1) is 37.8. The summed E-state index contributed by atoms with van der Waals surface area (Å²) in [5.74, 6) is 0. The summed E-state index contributed by atoms with van der Waals surface area (Å²) in [6.45, 7) is 0. The van der Waals surface area contributed by atoms with Crippen molar-refractivity contribution < 1.29 is 45.5 Å². The van der Waals surface area contributed by atoms with Gasteiger partial charge in [0, 0.05) is 16.3 Å². The van der Waals surface area contributed by atoms with E-state index in [1.165, 1.54) is 0 Å². The molecule has 0 fully saturated rings. The fraction of sp³-hybridized carbons (Fsp3) is 0. The largest absolute Gasteiger partial charge is 0.455 e. The summed E-state index contributed by atoms with van der Waals surface area (Å²) in [7, 11) is 0. The summed E-state index contributed by atoms with van der Waals surface area (Å²) in [6.07, 6.45) is 0. The molecular formula is C50H30O. The van der Waals surface area contributed by atoms with Gasteiger partial charge in [0.15, 0.2) is 0 Å². The van der Waals surface area contributed by atoms with Crippen molar-refractivity contribution >= 4 is 75.8 Å². The fourth-order valence-electron chi connectivity index (χ4n) is 6.62. The summed E-state index contributed by atoms with van der Waals surface area (Å²) in [4.78, 5) is 0. The van der Waals surface area contributed by atoms with Crippen LogP contribution in [-0.2, 0) is 0 Å². The maximum absolute atomic E-state index is 9.95. The van der Waals surface area contributed by atoms with Crippen molar-refractivity contribution in [2.75, 3.05) is 0 Å². The van der Waals surface area contributed by atoms with Crippen LogP contribution in [0.4, 0.5) is 0 Å². The van der Waals surface area contributed by atoms with Gasteiger partial charge < -0.3 is 4.42 Å². The molecule has 1 heteroatoms. The highest BCUT2D eigenvalue weighted by Crippen LogP contribution is 2.50. The number of hydrogen-bond donors (Lipinski definition) is 0. The van der Waals surface area contributed by atoms with E-state index in [4.69, 9.17) is 27.7 Å². The first-order valence-corrected chi connectivity index (χ1v) is 15.2. The molecule has 0 amide bonds. The van der Waals surface area contributed by atoms with Crippen LogP contribution < -0.4 is 0 Å². The van der Waals surface area contributed by atoms with Gasteiger partial charge >= 0.3 is 0 Å². The predicted molar refractivity (Wildman–Crippen MR) is 218 cm³/mol. The van der Waals surface area contributed by atoms with E-state index in [9.17, 15) is 17.8 Å². The van der Waals surface area contributed by atoms with Crippen LogP contribution >= 0.6 is 0 Å². The Hall–Kier alpha value is -6.70. The monoisotopic (exact) mass is 676 g/mol. The molecular weight excluding hydrogens is 617 g/mol. The van der Waals surface area contributed by atoms with E-state index in [0.29, 0.717) is 0 Å². The highest BCUT2D eigenvalue weighted by molar-refractivity contribution is 6.28. The van der Waals surface area contributed by atoms with E-state index in [2.05, 4.69) is 0 Å². The lowest BCUT2D eigenvalue weighted by Crippen LogP contribution is -1.94. The Morgan fingerprint density at radius 3 is 1.47 bits per heavy atom. The summed E-state index contributed by atoms with van der Waals surface area (Å²) in [5, 5.41) is -8.47. The van der Waals surface area contributed by atoms with Crippen molar-refractivity contribution in [1.29, 1.82) is 0 Å². The first kappa shape index (κ1) is 11.7. The molecule has 51 heavy (non-hydrogen) atoms. The molecule has 1 heterocycles. The molecule has 0 aliphatic carbocycles. The third-order valence-corrected chi connectivity index (χ3v) is 8.69. The molecule has 0 aliphatic rings. The van der Waals surface area contributed by atoms with Gasteiger partial charge in [0.1, 0.15) is 11.2 Å². The van der Waals surface area contributed by atoms with E-state index in [0.717, 1.165) is 0 Å². The van der Waals surface area contributed by atoms with Crippen LogP contribution in [0.3, 0.4) is 0 Å². The number of rotatable bonds is 3. The average Bonchev–Trinajstić information content (AvgIpc) is 1.91. The standard InChI is InChI=1S/C50H30O/c1-4-17-34-31(13-1)16-11-24-37(34)46-38-20-7-9-22-40(38)49(41-23-10-8-21-39(41)46)48-36-19-6-3-14-32(36)27-29-42(48)43-25-12-26-44-47-35-18-5-2-15-33(35)28-30-45(47)51-50(43)44/h1-30H/i1D,2D,3D,4D,5D,6D,7D,8D,9D,10D,11D,12D,13D,14D,15D,16D,17D,18D,19D,20D,21D,22D,23D,24D,25D,26D,27D,28D,29D,30D. The van der Waals surface area contributed by atoms with E-state index in [1.807, 2.05) is 0 Å². The Kier molecular flexibility index (Phi) is 2.50. The van der Waals surface area contributed by atoms with Crippen LogP contribution in [-0.4, -0.2) is 0 Å². The average molecular weight is 677 g/mol. The minimum Gasteiger partial charge on any atom is -0.455 e. The second-order valence-electron chi connectivity index (χ2n) is 11.3. The molecule has 0 N–H and O–H groups in total. The van der Waals surface area contributed by atoms with Gasteiger partial charge in [-0.3, -0.25) is 0 Å². The summed E-state index contributed by atoms with van der Waals surface area (Å²) >= 11 is 0. The third kappa shape index (κ3) is 4.09. The second-order valence-corrected chi connectivity index (χ2v) is 11.3. The minimum atomic E-state index is -1.12. The maximum Gasteiger partial charge on any atom is 0.143 e. The lowest BCUT2D eigenvalue weighted by atomic mass is 9.81. The molecule has 0 unspecified atom stereocenters. The molecule has 0 aliphatic heterocycles. The molecule has 0 atom stereocenters. The van der Waals surface area contributed by atoms with E-state index in [1.54, 1.807) is 0 Å². The Labute approximate surface area is 336 Å². The zero-order valence-corrected chi connectivity index (χ0v) is 25.4. The Bertz CT molecular complexity index is 4840. The molecule has 0 spiro atoms. The van der Waals surface area contributed by atoms with Gasteiger partial charge in [-0.25, -0.2) is 0 Å². The van der Waals surface area contributed by atoms with Gasteiger partial charge in [0.05, 0.1) is 41.1 Å². The summed E-state index contributed by atoms with van der Waals surface area (Å²) in [6, 6.07) is -29.5. The molecule has 1 nitrogen and oxygen atoms in total. The normalized spacial score (nSPS) is 20.2. The van der Waals surface area contributed by atoms with Gasteiger partial charge in [-0.05, 0) is 87.7 Å². The quantitative estimate of drug-likeness (QED) is 0.170. The van der Waals surface area contributed by atoms with Gasteiger partial charge in [0.25, 0.3) is 0 Å². The molecule has 0 saturated carbocycles. The second kappa shape index (κ2) is 10.9. The van der Waals surface area contributed by atoms with Gasteiger partial charge in [-0.15, -0.1) is 0 Å². The van der Waals surface area contributed by atoms with Crippen molar-refractivity contribution in [3.8, 4) is 33.4 Å². The lowest BCUT2D eigenvalue weighted by Gasteiger charge is -2.22. The smallest absolute Gasteiger partial charge is 0.143 e. The molecule has 10 aromatic carbocycles. The minimum absolute atomic E-state index is 0.470. The lowest BCUT2D eigenvalue weighted by molar-refractivity contribution is 0.670. The highest BCUT2D eigenvalue weighted by Gasteiger charge is 2.23. The van der Waals surface area contributed by atoms with E-state index < -0.39 is 290 Å². The number of para-hydroxylation sites is 1. The zero-order valence-electron chi connectivity index (χ0n) is 55.4. The number of furan rings is 1. The number of hydrogen-bond acceptors (Lipinski definition) is 1. The topological polar surface area (TPSA) is 13.1 Å². The number of fused-ring (bicyclic) bond motifs is 9. The molecule has 0 bridgehead atoms. The predicted octanol–water partition coefficient (Wildman–Crippen LogP) is 14.4. The summed E-state index contributed by atoms with van der Waals surface area (Å²) < 4.78 is 281. The van der Waals surface area contributed by atoms with Gasteiger partial charge in [0.2, 0.25) is 0 Å². The third-order valence-electron chi connectivity index (χ3n) is 8.69. The fourth-order valence-corrected chi connectivity index (χ4v) is 6.62. The van der Waals surface area contributed by atoms with Crippen molar-refractivity contribution in [2.24, 2.45) is 0 Å². The van der Waals surface area contributed by atoms with Crippen LogP contribution in [0.2, 0.25) is 0 Å². The Morgan fingerprint density at radius 1 is 0.294 bits per heavy atom. The van der Waals surface area contributed by atoms with Gasteiger partial charge in [-0.1, -0.05) is 175 Å². The van der Waals surface area contributed by atoms with Crippen molar-refractivity contribution in [2.45, 2.75) is 0 Å². The summed E-state index contributed by atoms with van der Waals surface area (Å²) in [5.41, 5.74) is -6.51. The van der Waals surface area contributed by atoms with Crippen LogP contribution in [0.15, 0.2) is 186 Å². The maximum atomic E-state index is 9.95. The van der Waals surface area contributed by atoms with Crippen LogP contribution in [0.1, 0.15) is 41.1 Å². The zero-order chi connectivity index (χ0) is 59.6. The van der Waals surface area contributed by atoms with Crippen molar-refractivity contribution in [1.82, 2.24) is 0 Å². The molecule has 1 aromatic heterocycles. The molecule has 0 radical (unpaired) electrons. The molecule has 236 valence electrons. The Morgan fingerprint density at radius 2 is 0.765 bits per heavy atom.